The highest BCUT2D eigenvalue weighted by atomic mass is 16.5. The molecule has 0 aliphatic carbocycles. The van der Waals surface area contributed by atoms with Crippen LogP contribution in [0.4, 0.5) is 0 Å². The van der Waals surface area contributed by atoms with Crippen molar-refractivity contribution in [1.82, 2.24) is 10.1 Å². The van der Waals surface area contributed by atoms with Gasteiger partial charge in [0.2, 0.25) is 0 Å². The Morgan fingerprint density at radius 2 is 2.11 bits per heavy atom. The molecule has 0 saturated carbocycles. The first-order valence-electron chi connectivity index (χ1n) is 6.65. The third kappa shape index (κ3) is 3.34. The predicted octanol–water partition coefficient (Wildman–Crippen LogP) is 3.64. The van der Waals surface area contributed by atoms with Crippen LogP contribution < -0.4 is 4.74 Å². The summed E-state index contributed by atoms with van der Waals surface area (Å²) in [5.41, 5.74) is 2.38. The zero-order valence-corrected chi connectivity index (χ0v) is 11.9. The van der Waals surface area contributed by atoms with Crippen LogP contribution >= 0.6 is 0 Å². The molecular formula is C15H20N2O2. The first-order valence-corrected chi connectivity index (χ1v) is 6.65. The third-order valence-electron chi connectivity index (χ3n) is 3.06. The fraction of sp³-hybridized carbons (Fsp3) is 0.467. The molecule has 0 bridgehead atoms. The van der Waals surface area contributed by atoms with E-state index in [1.807, 2.05) is 13.8 Å². The van der Waals surface area contributed by atoms with Gasteiger partial charge in [0.25, 0.3) is 5.89 Å². The number of benzene rings is 1. The van der Waals surface area contributed by atoms with E-state index in [2.05, 4.69) is 42.2 Å². The zero-order chi connectivity index (χ0) is 13.8. The summed E-state index contributed by atoms with van der Waals surface area (Å²) in [6.07, 6.45) is 0.769. The van der Waals surface area contributed by atoms with E-state index in [1.54, 1.807) is 0 Å². The van der Waals surface area contributed by atoms with Crippen LogP contribution in [-0.4, -0.2) is 10.1 Å². The number of hydrogen-bond donors (Lipinski definition) is 0. The van der Waals surface area contributed by atoms with Crippen molar-refractivity contribution in [1.29, 1.82) is 0 Å². The van der Waals surface area contributed by atoms with Gasteiger partial charge in [0, 0.05) is 6.42 Å². The number of ether oxygens (including phenoxy) is 1. The van der Waals surface area contributed by atoms with Crippen molar-refractivity contribution >= 4 is 0 Å². The second-order valence-electron chi connectivity index (χ2n) is 4.93. The highest BCUT2D eigenvalue weighted by Gasteiger charge is 2.08. The topological polar surface area (TPSA) is 48.2 Å². The van der Waals surface area contributed by atoms with Crippen LogP contribution in [0.15, 0.2) is 22.7 Å². The minimum atomic E-state index is 0.315. The molecule has 0 unspecified atom stereocenters. The zero-order valence-electron chi connectivity index (χ0n) is 11.9. The van der Waals surface area contributed by atoms with Crippen LogP contribution in [0, 0.1) is 6.92 Å². The largest absolute Gasteiger partial charge is 0.483 e. The number of hydrogen-bond acceptors (Lipinski definition) is 4. The maximum absolute atomic E-state index is 5.78. The minimum Gasteiger partial charge on any atom is -0.483 e. The molecule has 0 N–H and O–H groups in total. The normalized spacial score (nSPS) is 11.0. The molecule has 1 aromatic carbocycles. The molecule has 1 aromatic heterocycles. The Balaban J connectivity index is 2.08. The minimum absolute atomic E-state index is 0.315. The molecule has 0 aliphatic rings. The molecule has 0 amide bonds. The van der Waals surface area contributed by atoms with Crippen molar-refractivity contribution < 1.29 is 9.26 Å². The number of nitrogens with zero attached hydrogens (tertiary/aromatic N) is 2. The summed E-state index contributed by atoms with van der Waals surface area (Å²) in [5.74, 6) is 2.60. The molecule has 1 heterocycles. The molecule has 2 rings (SSSR count). The molecule has 0 atom stereocenters. The lowest BCUT2D eigenvalue weighted by molar-refractivity contribution is 0.241. The Labute approximate surface area is 113 Å². The molecule has 4 heteroatoms. The smallest absolute Gasteiger partial charge is 0.264 e. The second kappa shape index (κ2) is 5.87. The fourth-order valence-electron chi connectivity index (χ4n) is 1.76. The van der Waals surface area contributed by atoms with Gasteiger partial charge in [-0.1, -0.05) is 38.1 Å². The SMILES string of the molecule is CCc1noc(COc2cc(C(C)C)ccc2C)n1. The molecule has 0 saturated heterocycles. The van der Waals surface area contributed by atoms with E-state index in [0.717, 1.165) is 17.7 Å². The first-order chi connectivity index (χ1) is 9.10. The number of rotatable bonds is 5. The highest BCUT2D eigenvalue weighted by molar-refractivity contribution is 5.37. The van der Waals surface area contributed by atoms with Crippen LogP contribution in [0.1, 0.15) is 49.5 Å². The van der Waals surface area contributed by atoms with Gasteiger partial charge in [-0.15, -0.1) is 0 Å². The van der Waals surface area contributed by atoms with Gasteiger partial charge in [-0.05, 0) is 30.0 Å². The Bertz CT molecular complexity index is 547. The van der Waals surface area contributed by atoms with Crippen LogP contribution in [0.25, 0.3) is 0 Å². The summed E-state index contributed by atoms with van der Waals surface area (Å²) in [6, 6.07) is 6.29. The van der Waals surface area contributed by atoms with Gasteiger partial charge in [-0.3, -0.25) is 0 Å². The van der Waals surface area contributed by atoms with Gasteiger partial charge < -0.3 is 9.26 Å². The molecule has 0 spiro atoms. The van der Waals surface area contributed by atoms with Gasteiger partial charge in [0.15, 0.2) is 12.4 Å². The predicted molar refractivity (Wildman–Crippen MR) is 73.3 cm³/mol. The van der Waals surface area contributed by atoms with Crippen molar-refractivity contribution in [3.63, 3.8) is 0 Å². The van der Waals surface area contributed by atoms with Crippen LogP contribution in [0.3, 0.4) is 0 Å². The molecule has 2 aromatic rings. The van der Waals surface area contributed by atoms with Crippen molar-refractivity contribution in [2.45, 2.75) is 46.6 Å². The molecule has 4 nitrogen and oxygen atoms in total. The van der Waals surface area contributed by atoms with Gasteiger partial charge in [0.1, 0.15) is 5.75 Å². The van der Waals surface area contributed by atoms with E-state index in [9.17, 15) is 0 Å². The Kier molecular flexibility index (Phi) is 4.20. The molecular weight excluding hydrogens is 240 g/mol. The van der Waals surface area contributed by atoms with Crippen molar-refractivity contribution in [3.8, 4) is 5.75 Å². The van der Waals surface area contributed by atoms with Gasteiger partial charge in [-0.25, -0.2) is 0 Å². The lowest BCUT2D eigenvalue weighted by Crippen LogP contribution is -1.99. The summed E-state index contributed by atoms with van der Waals surface area (Å²) in [5, 5.41) is 3.85. The maximum Gasteiger partial charge on any atom is 0.264 e. The van der Waals surface area contributed by atoms with Crippen molar-refractivity contribution in [3.05, 3.63) is 41.0 Å². The Hall–Kier alpha value is -1.84. The van der Waals surface area contributed by atoms with E-state index < -0.39 is 0 Å². The van der Waals surface area contributed by atoms with E-state index >= 15 is 0 Å². The Morgan fingerprint density at radius 1 is 1.32 bits per heavy atom. The molecule has 102 valence electrons. The molecule has 0 fully saturated rings. The summed E-state index contributed by atoms with van der Waals surface area (Å²) >= 11 is 0. The standard InChI is InChI=1S/C15H20N2O2/c1-5-14-16-15(19-17-14)9-18-13-8-12(10(2)3)7-6-11(13)4/h6-8,10H,5,9H2,1-4H3. The summed E-state index contributed by atoms with van der Waals surface area (Å²) < 4.78 is 10.9. The quantitative estimate of drug-likeness (QED) is 0.823. The lowest BCUT2D eigenvalue weighted by atomic mass is 10.0. The van der Waals surface area contributed by atoms with Crippen molar-refractivity contribution in [2.24, 2.45) is 0 Å². The molecule has 0 radical (unpaired) electrons. The summed E-state index contributed by atoms with van der Waals surface area (Å²) in [4.78, 5) is 4.23. The van der Waals surface area contributed by atoms with Crippen molar-refractivity contribution in [2.75, 3.05) is 0 Å². The van der Waals surface area contributed by atoms with Crippen LogP contribution in [0.2, 0.25) is 0 Å². The maximum atomic E-state index is 5.78. The third-order valence-corrected chi connectivity index (χ3v) is 3.06. The summed E-state index contributed by atoms with van der Waals surface area (Å²) in [6.45, 7) is 8.67. The van der Waals surface area contributed by atoms with Gasteiger partial charge in [0.05, 0.1) is 0 Å². The van der Waals surface area contributed by atoms with E-state index in [-0.39, 0.29) is 0 Å². The monoisotopic (exact) mass is 260 g/mol. The fourth-order valence-corrected chi connectivity index (χ4v) is 1.76. The number of aromatic nitrogens is 2. The second-order valence-corrected chi connectivity index (χ2v) is 4.93. The average Bonchev–Trinajstić information content (AvgIpc) is 2.85. The molecule has 0 aliphatic heterocycles. The molecule has 19 heavy (non-hydrogen) atoms. The first kappa shape index (κ1) is 13.6. The Morgan fingerprint density at radius 3 is 2.74 bits per heavy atom. The van der Waals surface area contributed by atoms with E-state index in [4.69, 9.17) is 9.26 Å². The van der Waals surface area contributed by atoms with Gasteiger partial charge in [-0.2, -0.15) is 4.98 Å². The van der Waals surface area contributed by atoms with E-state index in [0.29, 0.717) is 24.2 Å². The van der Waals surface area contributed by atoms with Crippen LogP contribution in [0.5, 0.6) is 5.75 Å². The highest BCUT2D eigenvalue weighted by Crippen LogP contribution is 2.24. The number of aryl methyl sites for hydroxylation is 2. The van der Waals surface area contributed by atoms with Gasteiger partial charge >= 0.3 is 0 Å². The van der Waals surface area contributed by atoms with E-state index in [1.165, 1.54) is 5.56 Å². The van der Waals surface area contributed by atoms with Crippen LogP contribution in [-0.2, 0) is 13.0 Å². The lowest BCUT2D eigenvalue weighted by Gasteiger charge is -2.11. The average molecular weight is 260 g/mol. The summed E-state index contributed by atoms with van der Waals surface area (Å²) in [7, 11) is 0.